The van der Waals surface area contributed by atoms with Crippen molar-refractivity contribution in [3.63, 3.8) is 0 Å². The van der Waals surface area contributed by atoms with Gasteiger partial charge in [0.25, 0.3) is 0 Å². The van der Waals surface area contributed by atoms with E-state index in [9.17, 15) is 9.59 Å². The van der Waals surface area contributed by atoms with Gasteiger partial charge >= 0.3 is 0 Å². The Morgan fingerprint density at radius 1 is 0.914 bits per heavy atom. The van der Waals surface area contributed by atoms with E-state index in [1.165, 1.54) is 11.3 Å². The number of aryl methyl sites for hydroxylation is 1. The van der Waals surface area contributed by atoms with Gasteiger partial charge in [0.05, 0.1) is 13.5 Å². The minimum Gasteiger partial charge on any atom is -0.497 e. The standard InChI is InChI=1S/C29H28N2O3S/c1-21-10-12-23(13-11-21)28(29(33)30-20-22-7-4-3-5-8-22)31(24-14-16-25(34-2)17-15-24)27(32)19-26-9-6-18-35-26/h3-18,28H,19-20H2,1-2H3,(H,30,33)/t28-/m0/s1. The number of thiophene rings is 1. The van der Waals surface area contributed by atoms with Crippen LogP contribution >= 0.6 is 11.3 Å². The maximum Gasteiger partial charge on any atom is 0.248 e. The second-order valence-corrected chi connectivity index (χ2v) is 9.27. The molecule has 6 heteroatoms. The van der Waals surface area contributed by atoms with Gasteiger partial charge in [-0.15, -0.1) is 11.3 Å². The Hall–Kier alpha value is -3.90. The predicted octanol–water partition coefficient (Wildman–Crippen LogP) is 5.70. The first-order valence-corrected chi connectivity index (χ1v) is 12.3. The van der Waals surface area contributed by atoms with E-state index in [-0.39, 0.29) is 18.2 Å². The van der Waals surface area contributed by atoms with Crippen molar-refractivity contribution >= 4 is 28.8 Å². The van der Waals surface area contributed by atoms with Crippen molar-refractivity contribution in [1.29, 1.82) is 0 Å². The summed E-state index contributed by atoms with van der Waals surface area (Å²) in [5, 5.41) is 4.99. The fourth-order valence-corrected chi connectivity index (χ4v) is 4.57. The Kier molecular flexibility index (Phi) is 7.95. The van der Waals surface area contributed by atoms with Crippen LogP contribution in [0.15, 0.2) is 96.4 Å². The first-order valence-electron chi connectivity index (χ1n) is 11.4. The van der Waals surface area contributed by atoms with Crippen LogP contribution in [0.4, 0.5) is 5.69 Å². The Morgan fingerprint density at radius 3 is 2.26 bits per heavy atom. The highest BCUT2D eigenvalue weighted by Gasteiger charge is 2.33. The molecule has 0 aliphatic carbocycles. The molecule has 0 saturated carbocycles. The lowest BCUT2D eigenvalue weighted by Crippen LogP contribution is -2.44. The summed E-state index contributed by atoms with van der Waals surface area (Å²) in [5.41, 5.74) is 3.45. The number of ether oxygens (including phenoxy) is 1. The molecule has 4 aromatic rings. The Morgan fingerprint density at radius 2 is 1.63 bits per heavy atom. The molecule has 1 aromatic heterocycles. The van der Waals surface area contributed by atoms with E-state index in [1.807, 2.05) is 91.2 Å². The van der Waals surface area contributed by atoms with Crippen molar-refractivity contribution in [3.8, 4) is 5.75 Å². The molecular formula is C29H28N2O3S. The van der Waals surface area contributed by atoms with E-state index in [0.29, 0.717) is 18.0 Å². The average Bonchev–Trinajstić information content (AvgIpc) is 3.40. The molecule has 1 heterocycles. The number of carbonyl (C=O) groups is 2. The number of nitrogens with one attached hydrogen (secondary N) is 1. The molecule has 5 nitrogen and oxygen atoms in total. The summed E-state index contributed by atoms with van der Waals surface area (Å²) in [5.74, 6) is 0.283. The molecule has 0 fully saturated rings. The van der Waals surface area contributed by atoms with Gasteiger partial charge in [0.15, 0.2) is 0 Å². The first-order chi connectivity index (χ1) is 17.0. The number of amides is 2. The summed E-state index contributed by atoms with van der Waals surface area (Å²) < 4.78 is 5.31. The summed E-state index contributed by atoms with van der Waals surface area (Å²) >= 11 is 1.53. The summed E-state index contributed by atoms with van der Waals surface area (Å²) in [6.07, 6.45) is 0.206. The van der Waals surface area contributed by atoms with Gasteiger partial charge in [-0.3, -0.25) is 14.5 Å². The molecular weight excluding hydrogens is 456 g/mol. The first kappa shape index (κ1) is 24.2. The van der Waals surface area contributed by atoms with Crippen molar-refractivity contribution in [1.82, 2.24) is 5.32 Å². The number of anilines is 1. The molecule has 178 valence electrons. The van der Waals surface area contributed by atoms with Crippen LogP contribution in [0.5, 0.6) is 5.75 Å². The van der Waals surface area contributed by atoms with Crippen LogP contribution < -0.4 is 15.0 Å². The average molecular weight is 485 g/mol. The SMILES string of the molecule is COc1ccc(N(C(=O)Cc2cccs2)[C@H](C(=O)NCc2ccccc2)c2ccc(C)cc2)cc1. The van der Waals surface area contributed by atoms with Gasteiger partial charge in [0, 0.05) is 17.1 Å². The van der Waals surface area contributed by atoms with Crippen molar-refractivity contribution in [2.24, 2.45) is 0 Å². The van der Waals surface area contributed by atoms with Crippen LogP contribution in [0.3, 0.4) is 0 Å². The second-order valence-electron chi connectivity index (χ2n) is 8.23. The van der Waals surface area contributed by atoms with E-state index in [2.05, 4.69) is 5.32 Å². The predicted molar refractivity (Wildman–Crippen MR) is 141 cm³/mol. The summed E-state index contributed by atoms with van der Waals surface area (Å²) in [4.78, 5) is 30.0. The van der Waals surface area contributed by atoms with E-state index < -0.39 is 6.04 Å². The van der Waals surface area contributed by atoms with Crippen LogP contribution in [0.2, 0.25) is 0 Å². The fourth-order valence-electron chi connectivity index (χ4n) is 3.88. The van der Waals surface area contributed by atoms with Gasteiger partial charge in [-0.05, 0) is 53.8 Å². The van der Waals surface area contributed by atoms with Gasteiger partial charge in [0.2, 0.25) is 11.8 Å². The number of rotatable bonds is 9. The summed E-state index contributed by atoms with van der Waals surface area (Å²) in [7, 11) is 1.60. The van der Waals surface area contributed by atoms with Gasteiger partial charge < -0.3 is 10.1 Å². The molecule has 0 unspecified atom stereocenters. The molecule has 0 saturated heterocycles. The smallest absolute Gasteiger partial charge is 0.248 e. The topological polar surface area (TPSA) is 58.6 Å². The lowest BCUT2D eigenvalue weighted by molar-refractivity contribution is -0.126. The van der Waals surface area contributed by atoms with Gasteiger partial charge in [-0.2, -0.15) is 0 Å². The highest BCUT2D eigenvalue weighted by Crippen LogP contribution is 2.31. The largest absolute Gasteiger partial charge is 0.497 e. The summed E-state index contributed by atoms with van der Waals surface area (Å²) in [6.45, 7) is 2.37. The molecule has 0 aliphatic rings. The minimum atomic E-state index is -0.833. The Bertz CT molecular complexity index is 1240. The lowest BCUT2D eigenvalue weighted by Gasteiger charge is -2.32. The molecule has 1 N–H and O–H groups in total. The van der Waals surface area contributed by atoms with Crippen molar-refractivity contribution in [2.75, 3.05) is 12.0 Å². The fraction of sp³-hybridized carbons (Fsp3) is 0.172. The second kappa shape index (κ2) is 11.5. The highest BCUT2D eigenvalue weighted by molar-refractivity contribution is 7.10. The van der Waals surface area contributed by atoms with Crippen molar-refractivity contribution in [2.45, 2.75) is 25.9 Å². The lowest BCUT2D eigenvalue weighted by atomic mass is 10.0. The molecule has 2 amide bonds. The molecule has 0 radical (unpaired) electrons. The zero-order valence-electron chi connectivity index (χ0n) is 19.8. The molecule has 1 atom stereocenters. The number of carbonyl (C=O) groups excluding carboxylic acids is 2. The van der Waals surface area contributed by atoms with Crippen LogP contribution in [0.1, 0.15) is 27.6 Å². The van der Waals surface area contributed by atoms with E-state index >= 15 is 0 Å². The highest BCUT2D eigenvalue weighted by atomic mass is 32.1. The van der Waals surface area contributed by atoms with E-state index in [4.69, 9.17) is 4.74 Å². The van der Waals surface area contributed by atoms with Crippen LogP contribution in [0, 0.1) is 6.92 Å². The maximum atomic E-state index is 13.7. The normalized spacial score (nSPS) is 11.5. The van der Waals surface area contributed by atoms with Crippen molar-refractivity contribution < 1.29 is 14.3 Å². The Balaban J connectivity index is 1.73. The third-order valence-corrected chi connectivity index (χ3v) is 6.61. The maximum absolute atomic E-state index is 13.7. The van der Waals surface area contributed by atoms with Crippen LogP contribution in [-0.2, 0) is 22.6 Å². The molecule has 0 aliphatic heterocycles. The molecule has 35 heavy (non-hydrogen) atoms. The zero-order valence-corrected chi connectivity index (χ0v) is 20.6. The van der Waals surface area contributed by atoms with Gasteiger partial charge in [0.1, 0.15) is 11.8 Å². The summed E-state index contributed by atoms with van der Waals surface area (Å²) in [6, 6.07) is 27.8. The molecule has 0 bridgehead atoms. The van der Waals surface area contributed by atoms with Crippen LogP contribution in [0.25, 0.3) is 0 Å². The number of benzene rings is 3. The molecule has 0 spiro atoms. The van der Waals surface area contributed by atoms with E-state index in [0.717, 1.165) is 21.6 Å². The van der Waals surface area contributed by atoms with Crippen molar-refractivity contribution in [3.05, 3.63) is 118 Å². The quantitative estimate of drug-likeness (QED) is 0.332. The third kappa shape index (κ3) is 6.16. The number of hydrogen-bond acceptors (Lipinski definition) is 4. The number of hydrogen-bond donors (Lipinski definition) is 1. The zero-order chi connectivity index (χ0) is 24.6. The molecule has 3 aromatic carbocycles. The number of nitrogens with zero attached hydrogens (tertiary/aromatic N) is 1. The van der Waals surface area contributed by atoms with Crippen LogP contribution in [-0.4, -0.2) is 18.9 Å². The minimum absolute atomic E-state index is 0.155. The third-order valence-electron chi connectivity index (χ3n) is 5.73. The monoisotopic (exact) mass is 484 g/mol. The van der Waals surface area contributed by atoms with Gasteiger partial charge in [-0.25, -0.2) is 0 Å². The Labute approximate surface area is 210 Å². The van der Waals surface area contributed by atoms with E-state index in [1.54, 1.807) is 24.1 Å². The number of methoxy groups -OCH3 is 1. The van der Waals surface area contributed by atoms with Gasteiger partial charge in [-0.1, -0.05) is 66.2 Å². The molecule has 4 rings (SSSR count).